The third kappa shape index (κ3) is 2.83. The van der Waals surface area contributed by atoms with Gasteiger partial charge in [0.15, 0.2) is 0 Å². The van der Waals surface area contributed by atoms with Crippen molar-refractivity contribution < 1.29 is 0 Å². The number of rotatable bonds is 4. The summed E-state index contributed by atoms with van der Waals surface area (Å²) >= 11 is 0. The Morgan fingerprint density at radius 2 is 1.59 bits per heavy atom. The Kier molecular flexibility index (Phi) is 3.69. The molecule has 0 spiro atoms. The molecule has 0 aromatic carbocycles. The largest absolute Gasteiger partial charge is 0.314 e. The Hall–Kier alpha value is -0.120. The smallest absolute Gasteiger partial charge is 0.0235 e. The number of nitrogens with zero attached hydrogens (tertiary/aromatic N) is 2. The molecule has 0 radical (unpaired) electrons. The van der Waals surface area contributed by atoms with Gasteiger partial charge in [-0.1, -0.05) is 6.92 Å². The number of hydrogen-bond donors (Lipinski definition) is 1. The molecule has 3 heteroatoms. The van der Waals surface area contributed by atoms with E-state index in [1.165, 1.54) is 58.3 Å². The standard InChI is InChI=1S/C14H27N3/c1-2-15-12-5-8-16(9-6-12)14-7-10-17(11-14)13-3-4-13/h12-15H,2-11H2,1H3. The summed E-state index contributed by atoms with van der Waals surface area (Å²) in [5.74, 6) is 0. The van der Waals surface area contributed by atoms with Gasteiger partial charge >= 0.3 is 0 Å². The van der Waals surface area contributed by atoms with Crippen LogP contribution in [-0.4, -0.2) is 60.6 Å². The van der Waals surface area contributed by atoms with Crippen LogP contribution in [0.25, 0.3) is 0 Å². The lowest BCUT2D eigenvalue weighted by Gasteiger charge is -2.36. The first-order valence-electron chi connectivity index (χ1n) is 7.58. The number of nitrogens with one attached hydrogen (secondary N) is 1. The van der Waals surface area contributed by atoms with Gasteiger partial charge in [-0.2, -0.15) is 0 Å². The average Bonchev–Trinajstić information content (AvgIpc) is 3.09. The molecule has 1 aliphatic carbocycles. The van der Waals surface area contributed by atoms with Crippen molar-refractivity contribution in [3.63, 3.8) is 0 Å². The zero-order valence-electron chi connectivity index (χ0n) is 11.2. The van der Waals surface area contributed by atoms with Crippen molar-refractivity contribution >= 4 is 0 Å². The van der Waals surface area contributed by atoms with Gasteiger partial charge in [-0.3, -0.25) is 9.80 Å². The molecule has 2 aliphatic heterocycles. The summed E-state index contributed by atoms with van der Waals surface area (Å²) in [7, 11) is 0. The van der Waals surface area contributed by atoms with Gasteiger partial charge in [-0.25, -0.2) is 0 Å². The van der Waals surface area contributed by atoms with Gasteiger partial charge in [-0.05, 0) is 51.7 Å². The number of piperidine rings is 1. The van der Waals surface area contributed by atoms with E-state index >= 15 is 0 Å². The van der Waals surface area contributed by atoms with E-state index in [0.717, 1.165) is 24.7 Å². The lowest BCUT2D eigenvalue weighted by Crippen LogP contribution is -2.47. The predicted octanol–water partition coefficient (Wildman–Crippen LogP) is 1.30. The van der Waals surface area contributed by atoms with Crippen LogP contribution in [0.5, 0.6) is 0 Å². The predicted molar refractivity (Wildman–Crippen MR) is 71.3 cm³/mol. The second-order valence-corrected chi connectivity index (χ2v) is 6.04. The van der Waals surface area contributed by atoms with Crippen molar-refractivity contribution in [2.75, 3.05) is 32.7 Å². The van der Waals surface area contributed by atoms with Gasteiger partial charge in [0.25, 0.3) is 0 Å². The molecule has 3 aliphatic rings. The van der Waals surface area contributed by atoms with E-state index in [9.17, 15) is 0 Å². The number of likely N-dealkylation sites (tertiary alicyclic amines) is 2. The third-order valence-corrected chi connectivity index (χ3v) is 4.80. The van der Waals surface area contributed by atoms with E-state index in [2.05, 4.69) is 22.0 Å². The molecule has 1 atom stereocenters. The zero-order chi connectivity index (χ0) is 11.7. The molecule has 98 valence electrons. The van der Waals surface area contributed by atoms with E-state index < -0.39 is 0 Å². The highest BCUT2D eigenvalue weighted by atomic mass is 15.3. The second kappa shape index (κ2) is 5.25. The van der Waals surface area contributed by atoms with Crippen LogP contribution >= 0.6 is 0 Å². The summed E-state index contributed by atoms with van der Waals surface area (Å²) < 4.78 is 0. The highest BCUT2D eigenvalue weighted by Gasteiger charge is 2.37. The molecule has 0 aromatic rings. The Morgan fingerprint density at radius 3 is 2.24 bits per heavy atom. The molecule has 0 bridgehead atoms. The maximum atomic E-state index is 3.60. The van der Waals surface area contributed by atoms with Crippen molar-refractivity contribution in [1.29, 1.82) is 0 Å². The molecule has 1 N–H and O–H groups in total. The normalized spacial score (nSPS) is 33.4. The fraction of sp³-hybridized carbons (Fsp3) is 1.00. The molecule has 0 aromatic heterocycles. The molecule has 2 saturated heterocycles. The van der Waals surface area contributed by atoms with E-state index in [1.54, 1.807) is 0 Å². The van der Waals surface area contributed by atoms with E-state index in [0.29, 0.717) is 0 Å². The lowest BCUT2D eigenvalue weighted by molar-refractivity contribution is 0.143. The van der Waals surface area contributed by atoms with Gasteiger partial charge in [0, 0.05) is 31.2 Å². The van der Waals surface area contributed by atoms with Crippen molar-refractivity contribution in [1.82, 2.24) is 15.1 Å². The summed E-state index contributed by atoms with van der Waals surface area (Å²) in [6, 6.07) is 2.63. The summed E-state index contributed by atoms with van der Waals surface area (Å²) in [6.45, 7) is 8.71. The van der Waals surface area contributed by atoms with Crippen molar-refractivity contribution in [3.8, 4) is 0 Å². The molecule has 0 amide bonds. The molecule has 3 fully saturated rings. The first kappa shape index (κ1) is 11.9. The summed E-state index contributed by atoms with van der Waals surface area (Å²) in [5, 5.41) is 3.60. The van der Waals surface area contributed by atoms with Crippen molar-refractivity contribution in [3.05, 3.63) is 0 Å². The van der Waals surface area contributed by atoms with Gasteiger partial charge in [0.2, 0.25) is 0 Å². The summed E-state index contributed by atoms with van der Waals surface area (Å²) in [5.41, 5.74) is 0. The van der Waals surface area contributed by atoms with Crippen LogP contribution in [0.1, 0.15) is 39.0 Å². The number of hydrogen-bond acceptors (Lipinski definition) is 3. The van der Waals surface area contributed by atoms with Crippen LogP contribution in [0.15, 0.2) is 0 Å². The Bertz CT molecular complexity index is 244. The van der Waals surface area contributed by atoms with Crippen LogP contribution < -0.4 is 5.32 Å². The van der Waals surface area contributed by atoms with E-state index in [1.807, 2.05) is 0 Å². The van der Waals surface area contributed by atoms with E-state index in [4.69, 9.17) is 0 Å². The van der Waals surface area contributed by atoms with Crippen LogP contribution in [0, 0.1) is 0 Å². The summed E-state index contributed by atoms with van der Waals surface area (Å²) in [6.07, 6.45) is 7.06. The maximum absolute atomic E-state index is 3.60. The average molecular weight is 237 g/mol. The Morgan fingerprint density at radius 1 is 0.882 bits per heavy atom. The lowest BCUT2D eigenvalue weighted by atomic mass is 10.0. The molecule has 1 unspecified atom stereocenters. The summed E-state index contributed by atoms with van der Waals surface area (Å²) in [4.78, 5) is 5.50. The quantitative estimate of drug-likeness (QED) is 0.795. The first-order chi connectivity index (χ1) is 8.36. The van der Waals surface area contributed by atoms with Crippen LogP contribution in [0.4, 0.5) is 0 Å². The zero-order valence-corrected chi connectivity index (χ0v) is 11.2. The SMILES string of the molecule is CCNC1CCN(C2CCN(C3CC3)C2)CC1. The maximum Gasteiger partial charge on any atom is 0.0235 e. The molecule has 3 rings (SSSR count). The molecular formula is C14H27N3. The fourth-order valence-corrected chi connectivity index (χ4v) is 3.59. The fourth-order valence-electron chi connectivity index (χ4n) is 3.59. The third-order valence-electron chi connectivity index (χ3n) is 4.80. The van der Waals surface area contributed by atoms with Gasteiger partial charge in [0.05, 0.1) is 0 Å². The molecule has 17 heavy (non-hydrogen) atoms. The first-order valence-corrected chi connectivity index (χ1v) is 7.58. The Labute approximate surface area is 106 Å². The van der Waals surface area contributed by atoms with Crippen molar-refractivity contribution in [2.24, 2.45) is 0 Å². The molecule has 2 heterocycles. The molecule has 3 nitrogen and oxygen atoms in total. The van der Waals surface area contributed by atoms with E-state index in [-0.39, 0.29) is 0 Å². The topological polar surface area (TPSA) is 18.5 Å². The monoisotopic (exact) mass is 237 g/mol. The minimum Gasteiger partial charge on any atom is -0.314 e. The highest BCUT2D eigenvalue weighted by Crippen LogP contribution is 2.31. The van der Waals surface area contributed by atoms with Crippen LogP contribution in [0.3, 0.4) is 0 Å². The Balaban J connectivity index is 1.43. The van der Waals surface area contributed by atoms with Crippen LogP contribution in [-0.2, 0) is 0 Å². The molecular weight excluding hydrogens is 210 g/mol. The minimum atomic E-state index is 0.789. The minimum absolute atomic E-state index is 0.789. The van der Waals surface area contributed by atoms with Gasteiger partial charge in [0.1, 0.15) is 0 Å². The highest BCUT2D eigenvalue weighted by molar-refractivity contribution is 4.93. The van der Waals surface area contributed by atoms with Gasteiger partial charge in [-0.15, -0.1) is 0 Å². The van der Waals surface area contributed by atoms with Crippen molar-refractivity contribution in [2.45, 2.75) is 57.2 Å². The van der Waals surface area contributed by atoms with Gasteiger partial charge < -0.3 is 5.32 Å². The van der Waals surface area contributed by atoms with Crippen LogP contribution in [0.2, 0.25) is 0 Å². The molecule has 1 saturated carbocycles. The second-order valence-electron chi connectivity index (χ2n) is 6.04.